The van der Waals surface area contributed by atoms with E-state index in [1.54, 1.807) is 11.3 Å². The fourth-order valence-corrected chi connectivity index (χ4v) is 6.58. The van der Waals surface area contributed by atoms with Crippen molar-refractivity contribution in [2.45, 2.75) is 37.1 Å². The fourth-order valence-electron chi connectivity index (χ4n) is 4.14. The molecule has 28 heavy (non-hydrogen) atoms. The Labute approximate surface area is 168 Å². The highest BCUT2D eigenvalue weighted by Gasteiger charge is 2.36. The lowest BCUT2D eigenvalue weighted by molar-refractivity contribution is -0.139. The van der Waals surface area contributed by atoms with Crippen LogP contribution in [0.25, 0.3) is 0 Å². The number of thiophene rings is 1. The van der Waals surface area contributed by atoms with E-state index in [0.717, 1.165) is 25.1 Å². The van der Waals surface area contributed by atoms with Gasteiger partial charge in [0.25, 0.3) is 0 Å². The van der Waals surface area contributed by atoms with Gasteiger partial charge in [-0.2, -0.15) is 4.31 Å². The van der Waals surface area contributed by atoms with Gasteiger partial charge in [0, 0.05) is 30.4 Å². The third kappa shape index (κ3) is 3.49. The van der Waals surface area contributed by atoms with E-state index in [1.165, 1.54) is 26.9 Å². The maximum absolute atomic E-state index is 13.1. The van der Waals surface area contributed by atoms with Crippen molar-refractivity contribution in [2.24, 2.45) is 5.92 Å². The van der Waals surface area contributed by atoms with Gasteiger partial charge >= 0.3 is 0 Å². The average molecular weight is 423 g/mol. The first kappa shape index (κ1) is 19.5. The summed E-state index contributed by atoms with van der Waals surface area (Å²) < 4.78 is 40.0. The number of fused-ring (bicyclic) bond motifs is 1. The predicted octanol–water partition coefficient (Wildman–Crippen LogP) is 3.43. The van der Waals surface area contributed by atoms with Crippen molar-refractivity contribution in [1.82, 2.24) is 9.21 Å². The highest BCUT2D eigenvalue weighted by molar-refractivity contribution is 7.89. The Morgan fingerprint density at radius 1 is 1.11 bits per heavy atom. The summed E-state index contributed by atoms with van der Waals surface area (Å²) in [4.78, 5) is 16.5. The van der Waals surface area contributed by atoms with E-state index in [0.29, 0.717) is 25.9 Å². The molecule has 0 unspecified atom stereocenters. The molecular formula is C20H23FN2O3S2. The second kappa shape index (κ2) is 7.57. The van der Waals surface area contributed by atoms with Gasteiger partial charge in [0.15, 0.2) is 0 Å². The maximum Gasteiger partial charge on any atom is 0.243 e. The molecule has 0 saturated carbocycles. The van der Waals surface area contributed by atoms with E-state index in [-0.39, 0.29) is 22.8 Å². The molecule has 2 aliphatic rings. The first-order chi connectivity index (χ1) is 13.4. The van der Waals surface area contributed by atoms with Crippen LogP contribution in [-0.2, 0) is 21.2 Å². The van der Waals surface area contributed by atoms with E-state index in [1.807, 2.05) is 4.90 Å². The van der Waals surface area contributed by atoms with Crippen LogP contribution >= 0.6 is 11.3 Å². The van der Waals surface area contributed by atoms with Crippen molar-refractivity contribution in [2.75, 3.05) is 19.6 Å². The molecule has 4 rings (SSSR count). The molecule has 0 bridgehead atoms. The van der Waals surface area contributed by atoms with Crippen LogP contribution in [0.3, 0.4) is 0 Å². The van der Waals surface area contributed by atoms with E-state index in [2.05, 4.69) is 18.4 Å². The first-order valence-corrected chi connectivity index (χ1v) is 11.8. The Balaban J connectivity index is 1.41. The summed E-state index contributed by atoms with van der Waals surface area (Å²) in [5.74, 6) is -0.488. The van der Waals surface area contributed by atoms with E-state index >= 15 is 0 Å². The average Bonchev–Trinajstić information content (AvgIpc) is 3.18. The Hall–Kier alpha value is -1.77. The Bertz CT molecular complexity index is 964. The van der Waals surface area contributed by atoms with E-state index in [9.17, 15) is 17.6 Å². The number of carbonyl (C=O) groups excluding carboxylic acids is 1. The molecule has 1 saturated heterocycles. The van der Waals surface area contributed by atoms with Gasteiger partial charge in [-0.3, -0.25) is 4.79 Å². The molecule has 1 atom stereocenters. The van der Waals surface area contributed by atoms with Crippen LogP contribution in [0.5, 0.6) is 0 Å². The minimum absolute atomic E-state index is 0.0727. The molecule has 1 amide bonds. The molecule has 150 valence electrons. The normalized spacial score (nSPS) is 21.5. The molecular weight excluding hydrogens is 399 g/mol. The number of amides is 1. The van der Waals surface area contributed by atoms with Crippen molar-refractivity contribution >= 4 is 27.3 Å². The fraction of sp³-hybridized carbons (Fsp3) is 0.450. The van der Waals surface area contributed by atoms with Crippen LogP contribution in [0.4, 0.5) is 4.39 Å². The second-order valence-electron chi connectivity index (χ2n) is 7.39. The van der Waals surface area contributed by atoms with Gasteiger partial charge in [-0.25, -0.2) is 12.8 Å². The number of benzene rings is 1. The summed E-state index contributed by atoms with van der Waals surface area (Å²) in [6.45, 7) is 3.41. The van der Waals surface area contributed by atoms with Crippen LogP contribution in [0.15, 0.2) is 40.6 Å². The summed E-state index contributed by atoms with van der Waals surface area (Å²) >= 11 is 1.75. The summed E-state index contributed by atoms with van der Waals surface area (Å²) in [5, 5.41) is 2.08. The predicted molar refractivity (Wildman–Crippen MR) is 106 cm³/mol. The number of hydrogen-bond acceptors (Lipinski definition) is 4. The van der Waals surface area contributed by atoms with Crippen LogP contribution in [-0.4, -0.2) is 43.2 Å². The van der Waals surface area contributed by atoms with E-state index < -0.39 is 15.8 Å². The van der Waals surface area contributed by atoms with Crippen LogP contribution in [0, 0.1) is 11.7 Å². The molecule has 0 aliphatic carbocycles. The van der Waals surface area contributed by atoms with Crippen molar-refractivity contribution in [1.29, 1.82) is 0 Å². The molecule has 3 heterocycles. The van der Waals surface area contributed by atoms with E-state index in [4.69, 9.17) is 0 Å². The molecule has 1 aromatic heterocycles. The zero-order valence-corrected chi connectivity index (χ0v) is 17.3. The highest BCUT2D eigenvalue weighted by atomic mass is 32.2. The van der Waals surface area contributed by atoms with Gasteiger partial charge in [0.05, 0.1) is 10.9 Å². The molecule has 0 N–H and O–H groups in total. The van der Waals surface area contributed by atoms with Gasteiger partial charge in [-0.05, 0) is 67.5 Å². The molecule has 2 aliphatic heterocycles. The Morgan fingerprint density at radius 3 is 2.46 bits per heavy atom. The summed E-state index contributed by atoms with van der Waals surface area (Å²) in [5.41, 5.74) is 1.24. The number of halogens is 1. The third-order valence-electron chi connectivity index (χ3n) is 5.81. The van der Waals surface area contributed by atoms with Gasteiger partial charge in [0.1, 0.15) is 5.82 Å². The lowest BCUT2D eigenvalue weighted by Gasteiger charge is -2.38. The molecule has 8 heteroatoms. The molecule has 1 aromatic carbocycles. The van der Waals surface area contributed by atoms with Gasteiger partial charge in [-0.15, -0.1) is 11.3 Å². The SMILES string of the molecule is C[C@@H]1c2ccsc2CCN1C(=O)C1CCN(S(=O)(=O)c2ccc(F)cc2)CC1. The molecule has 2 aromatic rings. The van der Waals surface area contributed by atoms with Crippen molar-refractivity contribution < 1.29 is 17.6 Å². The summed E-state index contributed by atoms with van der Waals surface area (Å²) in [7, 11) is -3.65. The van der Waals surface area contributed by atoms with Gasteiger partial charge in [-0.1, -0.05) is 0 Å². The standard InChI is InChI=1S/C20H23FN2O3S2/c1-14-18-9-13-27-19(18)8-12-23(14)20(24)15-6-10-22(11-7-15)28(25,26)17-4-2-16(21)3-5-17/h2-5,9,13-15H,6-8,10-12H2,1H3/t14-/m1/s1. The van der Waals surface area contributed by atoms with Gasteiger partial charge in [0.2, 0.25) is 15.9 Å². The van der Waals surface area contributed by atoms with Gasteiger partial charge < -0.3 is 4.90 Å². The minimum atomic E-state index is -3.65. The zero-order valence-electron chi connectivity index (χ0n) is 15.7. The molecule has 1 fully saturated rings. The smallest absolute Gasteiger partial charge is 0.243 e. The van der Waals surface area contributed by atoms with Crippen LogP contribution in [0.2, 0.25) is 0 Å². The number of nitrogens with zero attached hydrogens (tertiary/aromatic N) is 2. The molecule has 5 nitrogen and oxygen atoms in total. The Kier molecular flexibility index (Phi) is 5.28. The Morgan fingerprint density at radius 2 is 1.79 bits per heavy atom. The lowest BCUT2D eigenvalue weighted by Crippen LogP contribution is -2.46. The van der Waals surface area contributed by atoms with Crippen molar-refractivity contribution in [3.8, 4) is 0 Å². The monoisotopic (exact) mass is 422 g/mol. The van der Waals surface area contributed by atoms with Crippen molar-refractivity contribution in [3.63, 3.8) is 0 Å². The number of carbonyl (C=O) groups is 1. The maximum atomic E-state index is 13.1. The second-order valence-corrected chi connectivity index (χ2v) is 10.3. The number of rotatable bonds is 3. The number of hydrogen-bond donors (Lipinski definition) is 0. The molecule has 0 spiro atoms. The largest absolute Gasteiger partial charge is 0.335 e. The first-order valence-electron chi connectivity index (χ1n) is 9.50. The van der Waals surface area contributed by atoms with Crippen LogP contribution in [0.1, 0.15) is 36.2 Å². The summed E-state index contributed by atoms with van der Waals surface area (Å²) in [6.07, 6.45) is 1.92. The summed E-state index contributed by atoms with van der Waals surface area (Å²) in [6, 6.07) is 7.05. The lowest BCUT2D eigenvalue weighted by atomic mass is 9.93. The molecule has 0 radical (unpaired) electrons. The highest BCUT2D eigenvalue weighted by Crippen LogP contribution is 2.35. The minimum Gasteiger partial charge on any atom is -0.335 e. The zero-order chi connectivity index (χ0) is 19.9. The number of piperidine rings is 1. The van der Waals surface area contributed by atoms with Crippen LogP contribution < -0.4 is 0 Å². The number of sulfonamides is 1. The van der Waals surface area contributed by atoms with Crippen molar-refractivity contribution in [3.05, 3.63) is 52.0 Å². The topological polar surface area (TPSA) is 57.7 Å². The quantitative estimate of drug-likeness (QED) is 0.761. The third-order valence-corrected chi connectivity index (χ3v) is 8.72.